The third-order valence-corrected chi connectivity index (χ3v) is 5.05. The minimum absolute atomic E-state index is 0. The fourth-order valence-corrected chi connectivity index (χ4v) is 3.43. The van der Waals surface area contributed by atoms with Crippen LogP contribution in [0.15, 0.2) is 27.8 Å². The number of carbonyl (C=O) groups excluding carboxylic acids is 1. The lowest BCUT2D eigenvalue weighted by atomic mass is 10.3. The van der Waals surface area contributed by atoms with E-state index in [0.717, 1.165) is 51.3 Å². The zero-order chi connectivity index (χ0) is 18.4. The van der Waals surface area contributed by atoms with Crippen LogP contribution in [0.2, 0.25) is 0 Å². The van der Waals surface area contributed by atoms with E-state index in [1.54, 1.807) is 18.4 Å². The maximum Gasteiger partial charge on any atom is 0.289 e. The molecule has 1 aliphatic heterocycles. The van der Waals surface area contributed by atoms with E-state index in [9.17, 15) is 4.79 Å². The summed E-state index contributed by atoms with van der Waals surface area (Å²) in [5.41, 5.74) is 0. The summed E-state index contributed by atoms with van der Waals surface area (Å²) in [6.45, 7) is 11.1. The van der Waals surface area contributed by atoms with Crippen molar-refractivity contribution in [3.63, 3.8) is 0 Å². The highest BCUT2D eigenvalue weighted by molar-refractivity contribution is 14.0. The highest BCUT2D eigenvalue weighted by Crippen LogP contribution is 2.25. The van der Waals surface area contributed by atoms with E-state index in [1.807, 2.05) is 4.90 Å². The number of nitrogens with zero attached hydrogens (tertiary/aromatic N) is 4. The minimum Gasteiger partial charge on any atom is -0.459 e. The molecule has 0 aromatic carbocycles. The Morgan fingerprint density at radius 1 is 1.26 bits per heavy atom. The molecule has 0 atom stereocenters. The average Bonchev–Trinajstić information content (AvgIpc) is 3.36. The lowest BCUT2D eigenvalue weighted by molar-refractivity contribution is 0.0657. The fourth-order valence-electron chi connectivity index (χ4n) is 3.43. The summed E-state index contributed by atoms with van der Waals surface area (Å²) < 4.78 is 5.23. The van der Waals surface area contributed by atoms with Crippen LogP contribution in [-0.2, 0) is 0 Å². The monoisotopic (exact) mass is 489 g/mol. The predicted octanol–water partition coefficient (Wildman–Crippen LogP) is 2.11. The van der Waals surface area contributed by atoms with Crippen molar-refractivity contribution >= 4 is 35.8 Å². The minimum atomic E-state index is -0.0281. The number of carbonyl (C=O) groups is 1. The third-order valence-electron chi connectivity index (χ3n) is 5.05. The zero-order valence-corrected chi connectivity index (χ0v) is 18.7. The van der Waals surface area contributed by atoms with Crippen LogP contribution in [0, 0.1) is 0 Å². The van der Waals surface area contributed by atoms with Crippen molar-refractivity contribution in [3.8, 4) is 0 Å². The molecule has 1 N–H and O–H groups in total. The number of hydrogen-bond acceptors (Lipinski definition) is 4. The molecule has 1 amide bonds. The number of guanidine groups is 1. The molecule has 3 rings (SSSR count). The average molecular weight is 489 g/mol. The van der Waals surface area contributed by atoms with Gasteiger partial charge >= 0.3 is 0 Å². The van der Waals surface area contributed by atoms with E-state index in [4.69, 9.17) is 9.41 Å². The van der Waals surface area contributed by atoms with E-state index in [-0.39, 0.29) is 29.9 Å². The first-order valence-electron chi connectivity index (χ1n) is 9.83. The Bertz CT molecular complexity index is 595. The first-order chi connectivity index (χ1) is 12.7. The van der Waals surface area contributed by atoms with Gasteiger partial charge in [-0.3, -0.25) is 14.7 Å². The number of amides is 1. The number of halogens is 1. The van der Waals surface area contributed by atoms with E-state index >= 15 is 0 Å². The molecule has 0 bridgehead atoms. The van der Waals surface area contributed by atoms with Gasteiger partial charge in [-0.25, -0.2) is 0 Å². The van der Waals surface area contributed by atoms with Crippen molar-refractivity contribution in [1.82, 2.24) is 20.0 Å². The number of rotatable bonds is 7. The normalized spacial score (nSPS) is 17.8. The fraction of sp³-hybridized carbons (Fsp3) is 0.684. The summed E-state index contributed by atoms with van der Waals surface area (Å²) in [4.78, 5) is 23.8. The summed E-state index contributed by atoms with van der Waals surface area (Å²) in [5.74, 6) is 1.35. The molecule has 152 valence electrons. The highest BCUT2D eigenvalue weighted by Gasteiger charge is 2.28. The number of hydrogen-bond donors (Lipinski definition) is 1. The number of aliphatic imine (C=N–C) groups is 1. The van der Waals surface area contributed by atoms with Crippen LogP contribution < -0.4 is 5.32 Å². The van der Waals surface area contributed by atoms with Crippen molar-refractivity contribution in [2.45, 2.75) is 32.7 Å². The number of piperazine rings is 1. The maximum atomic E-state index is 12.4. The molecule has 2 heterocycles. The Morgan fingerprint density at radius 2 is 1.96 bits per heavy atom. The molecule has 1 aliphatic carbocycles. The van der Waals surface area contributed by atoms with Crippen LogP contribution >= 0.6 is 24.0 Å². The number of likely N-dealkylation sites (N-methyl/N-ethyl adjacent to an activating group) is 1. The Hall–Kier alpha value is -1.29. The summed E-state index contributed by atoms with van der Waals surface area (Å²) in [5, 5.41) is 3.40. The SMILES string of the molecule is CCNC(=NCCN(CC)C1CC1)N1CCN(C(=O)c2ccco2)CC1.I. The van der Waals surface area contributed by atoms with Crippen LogP contribution in [0.3, 0.4) is 0 Å². The zero-order valence-electron chi connectivity index (χ0n) is 16.4. The summed E-state index contributed by atoms with van der Waals surface area (Å²) in [6.07, 6.45) is 4.22. The second-order valence-electron chi connectivity index (χ2n) is 6.85. The van der Waals surface area contributed by atoms with Gasteiger partial charge in [-0.1, -0.05) is 6.92 Å². The second kappa shape index (κ2) is 10.9. The van der Waals surface area contributed by atoms with E-state index in [1.165, 1.54) is 12.8 Å². The predicted molar refractivity (Wildman–Crippen MR) is 118 cm³/mol. The number of furan rings is 1. The molecular weight excluding hydrogens is 457 g/mol. The molecule has 27 heavy (non-hydrogen) atoms. The maximum absolute atomic E-state index is 12.4. The van der Waals surface area contributed by atoms with Crippen molar-refractivity contribution in [1.29, 1.82) is 0 Å². The van der Waals surface area contributed by atoms with E-state index < -0.39 is 0 Å². The Balaban J connectivity index is 0.00000261. The standard InChI is InChI=1S/C19H31N5O2.HI/c1-3-20-19(21-9-10-22(4-2)16-7-8-16)24-13-11-23(12-14-24)18(25)17-6-5-15-26-17;/h5-6,15-16H,3-4,7-14H2,1-2H3,(H,20,21);1H. The first-order valence-corrected chi connectivity index (χ1v) is 9.83. The van der Waals surface area contributed by atoms with Gasteiger partial charge in [-0.05, 0) is 38.4 Å². The summed E-state index contributed by atoms with van der Waals surface area (Å²) in [6, 6.07) is 4.26. The molecular formula is C19H32IN5O2. The Morgan fingerprint density at radius 3 is 2.52 bits per heavy atom. The molecule has 1 aromatic heterocycles. The van der Waals surface area contributed by atoms with Gasteiger partial charge in [0.15, 0.2) is 11.7 Å². The summed E-state index contributed by atoms with van der Waals surface area (Å²) in [7, 11) is 0. The largest absolute Gasteiger partial charge is 0.459 e. The quantitative estimate of drug-likeness (QED) is 0.361. The van der Waals surface area contributed by atoms with E-state index in [2.05, 4.69) is 29.0 Å². The number of nitrogens with one attached hydrogen (secondary N) is 1. The van der Waals surface area contributed by atoms with Gasteiger partial charge in [-0.15, -0.1) is 24.0 Å². The molecule has 0 radical (unpaired) electrons. The Kier molecular flexibility index (Phi) is 8.88. The molecule has 7 nitrogen and oxygen atoms in total. The van der Waals surface area contributed by atoms with Crippen molar-refractivity contribution < 1.29 is 9.21 Å². The smallest absolute Gasteiger partial charge is 0.289 e. The van der Waals surface area contributed by atoms with Crippen LogP contribution in [0.25, 0.3) is 0 Å². The second-order valence-corrected chi connectivity index (χ2v) is 6.85. The van der Waals surface area contributed by atoms with Crippen LogP contribution in [0.1, 0.15) is 37.2 Å². The van der Waals surface area contributed by atoms with Gasteiger partial charge in [-0.2, -0.15) is 0 Å². The van der Waals surface area contributed by atoms with Crippen LogP contribution in [0.4, 0.5) is 0 Å². The highest BCUT2D eigenvalue weighted by atomic mass is 127. The van der Waals surface area contributed by atoms with E-state index in [0.29, 0.717) is 18.8 Å². The van der Waals surface area contributed by atoms with Gasteiger partial charge in [0.25, 0.3) is 5.91 Å². The van der Waals surface area contributed by atoms with Crippen LogP contribution in [0.5, 0.6) is 0 Å². The van der Waals surface area contributed by atoms with Crippen LogP contribution in [-0.4, -0.2) is 85.0 Å². The van der Waals surface area contributed by atoms with Crippen molar-refractivity contribution in [2.75, 3.05) is 52.4 Å². The van der Waals surface area contributed by atoms with Gasteiger partial charge in [0, 0.05) is 45.3 Å². The molecule has 2 fully saturated rings. The van der Waals surface area contributed by atoms with Gasteiger partial charge in [0.05, 0.1) is 12.8 Å². The molecule has 2 aliphatic rings. The van der Waals surface area contributed by atoms with Gasteiger partial charge in [0.2, 0.25) is 0 Å². The van der Waals surface area contributed by atoms with Gasteiger partial charge in [0.1, 0.15) is 0 Å². The topological polar surface area (TPSA) is 64.3 Å². The summed E-state index contributed by atoms with van der Waals surface area (Å²) >= 11 is 0. The molecule has 1 aromatic rings. The lowest BCUT2D eigenvalue weighted by Gasteiger charge is -2.36. The van der Waals surface area contributed by atoms with Crippen molar-refractivity contribution in [3.05, 3.63) is 24.2 Å². The first kappa shape index (κ1) is 22.0. The third kappa shape index (κ3) is 6.10. The molecule has 1 saturated heterocycles. The van der Waals surface area contributed by atoms with Gasteiger partial charge < -0.3 is 19.5 Å². The lowest BCUT2D eigenvalue weighted by Crippen LogP contribution is -2.53. The van der Waals surface area contributed by atoms with Crippen molar-refractivity contribution in [2.24, 2.45) is 4.99 Å². The molecule has 8 heteroatoms. The molecule has 1 saturated carbocycles. The Labute approximate surface area is 179 Å². The molecule has 0 spiro atoms. The molecule has 0 unspecified atom stereocenters.